The summed E-state index contributed by atoms with van der Waals surface area (Å²) in [5.41, 5.74) is 0.669. The van der Waals surface area contributed by atoms with Gasteiger partial charge in [-0.15, -0.1) is 0 Å². The molecule has 0 aliphatic carbocycles. The van der Waals surface area contributed by atoms with Crippen LogP contribution in [0.3, 0.4) is 0 Å². The van der Waals surface area contributed by atoms with Crippen molar-refractivity contribution < 1.29 is 19.1 Å². The number of hydrogen-bond acceptors (Lipinski definition) is 4. The van der Waals surface area contributed by atoms with Crippen LogP contribution < -0.4 is 15.0 Å². The van der Waals surface area contributed by atoms with Gasteiger partial charge in [-0.1, -0.05) is 46.8 Å². The van der Waals surface area contributed by atoms with Gasteiger partial charge in [0, 0.05) is 10.0 Å². The number of anilines is 1. The maximum Gasteiger partial charge on any atom is 0.335 e. The van der Waals surface area contributed by atoms with Crippen LogP contribution in [-0.2, 0) is 9.59 Å². The Morgan fingerprint density at radius 3 is 2.50 bits per heavy atom. The molecule has 0 unspecified atom stereocenters. The highest BCUT2D eigenvalue weighted by Crippen LogP contribution is 2.35. The van der Waals surface area contributed by atoms with E-state index in [1.54, 1.807) is 48.5 Å². The number of rotatable bonds is 5. The Labute approximate surface area is 178 Å². The summed E-state index contributed by atoms with van der Waals surface area (Å²) in [6.45, 7) is 3.86. The molecule has 2 aromatic rings. The Morgan fingerprint density at radius 1 is 1.11 bits per heavy atom. The second kappa shape index (κ2) is 8.53. The summed E-state index contributed by atoms with van der Waals surface area (Å²) in [4.78, 5) is 38.5. The van der Waals surface area contributed by atoms with Gasteiger partial charge in [0.25, 0.3) is 11.8 Å². The normalized spacial score (nSPS) is 15.6. The molecule has 8 heteroatoms. The van der Waals surface area contributed by atoms with E-state index < -0.39 is 17.8 Å². The lowest BCUT2D eigenvalue weighted by molar-refractivity contribution is -0.122. The predicted molar refractivity (Wildman–Crippen MR) is 113 cm³/mol. The highest BCUT2D eigenvalue weighted by atomic mass is 79.9. The van der Waals surface area contributed by atoms with Gasteiger partial charge in [-0.3, -0.25) is 14.9 Å². The molecule has 1 heterocycles. The van der Waals surface area contributed by atoms with Crippen molar-refractivity contribution in [2.75, 3.05) is 11.5 Å². The predicted octanol–water partition coefficient (Wildman–Crippen LogP) is 4.44. The summed E-state index contributed by atoms with van der Waals surface area (Å²) in [6, 6.07) is 11.1. The number of carbonyl (C=O) groups is 3. The first kappa shape index (κ1) is 20.0. The number of nitrogens with zero attached hydrogens (tertiary/aromatic N) is 1. The zero-order valence-corrected chi connectivity index (χ0v) is 17.6. The SMILES string of the molecule is C=CCOc1c(Br)cc(Br)cc1/C=C1\C(=O)NC(=O)N(c2ccccc2)C1=O. The van der Waals surface area contributed by atoms with E-state index in [9.17, 15) is 14.4 Å². The lowest BCUT2D eigenvalue weighted by Crippen LogP contribution is -2.54. The summed E-state index contributed by atoms with van der Waals surface area (Å²) in [5.74, 6) is -1.04. The van der Waals surface area contributed by atoms with Crippen molar-refractivity contribution in [3.63, 3.8) is 0 Å². The van der Waals surface area contributed by atoms with Gasteiger partial charge in [-0.25, -0.2) is 9.69 Å². The van der Waals surface area contributed by atoms with Crippen LogP contribution in [0.5, 0.6) is 5.75 Å². The molecule has 0 saturated carbocycles. The maximum absolute atomic E-state index is 12.9. The highest BCUT2D eigenvalue weighted by Gasteiger charge is 2.37. The average molecular weight is 506 g/mol. The summed E-state index contributed by atoms with van der Waals surface area (Å²) < 4.78 is 7.02. The molecule has 0 aromatic heterocycles. The second-order valence-electron chi connectivity index (χ2n) is 5.70. The zero-order valence-electron chi connectivity index (χ0n) is 14.4. The van der Waals surface area contributed by atoms with Crippen LogP contribution in [0.2, 0.25) is 0 Å². The molecule has 1 aliphatic heterocycles. The number of urea groups is 1. The van der Waals surface area contributed by atoms with Crippen molar-refractivity contribution in [2.24, 2.45) is 0 Å². The first-order valence-corrected chi connectivity index (χ1v) is 9.70. The lowest BCUT2D eigenvalue weighted by Gasteiger charge is -2.26. The summed E-state index contributed by atoms with van der Waals surface area (Å²) >= 11 is 6.80. The first-order chi connectivity index (χ1) is 13.4. The number of imide groups is 2. The van der Waals surface area contributed by atoms with E-state index in [0.29, 0.717) is 21.5 Å². The van der Waals surface area contributed by atoms with Gasteiger partial charge >= 0.3 is 6.03 Å². The van der Waals surface area contributed by atoms with Gasteiger partial charge in [0.15, 0.2) is 0 Å². The van der Waals surface area contributed by atoms with Crippen LogP contribution in [-0.4, -0.2) is 24.5 Å². The minimum absolute atomic E-state index is 0.183. The fourth-order valence-electron chi connectivity index (χ4n) is 2.61. The topological polar surface area (TPSA) is 75.7 Å². The number of benzene rings is 2. The van der Waals surface area contributed by atoms with Crippen molar-refractivity contribution in [1.29, 1.82) is 0 Å². The summed E-state index contributed by atoms with van der Waals surface area (Å²) in [7, 11) is 0. The van der Waals surface area contributed by atoms with Gasteiger partial charge < -0.3 is 4.74 Å². The molecule has 0 spiro atoms. The third-order valence-corrected chi connectivity index (χ3v) is 4.85. The first-order valence-electron chi connectivity index (χ1n) is 8.11. The van der Waals surface area contributed by atoms with Crippen LogP contribution in [0.1, 0.15) is 5.56 Å². The molecule has 0 radical (unpaired) electrons. The molecule has 28 heavy (non-hydrogen) atoms. The van der Waals surface area contributed by atoms with Crippen molar-refractivity contribution in [1.82, 2.24) is 5.32 Å². The van der Waals surface area contributed by atoms with Crippen LogP contribution in [0.25, 0.3) is 6.08 Å². The molecule has 3 rings (SSSR count). The molecule has 0 atom stereocenters. The van der Waals surface area contributed by atoms with Gasteiger partial charge in [-0.2, -0.15) is 0 Å². The highest BCUT2D eigenvalue weighted by molar-refractivity contribution is 9.11. The molecule has 1 aliphatic rings. The van der Waals surface area contributed by atoms with E-state index in [0.717, 1.165) is 9.37 Å². The fourth-order valence-corrected chi connectivity index (χ4v) is 3.98. The molecule has 1 fully saturated rings. The van der Waals surface area contributed by atoms with E-state index >= 15 is 0 Å². The van der Waals surface area contributed by atoms with Crippen molar-refractivity contribution >= 4 is 61.5 Å². The van der Waals surface area contributed by atoms with E-state index in [-0.39, 0.29) is 12.2 Å². The van der Waals surface area contributed by atoms with Crippen LogP contribution in [0.4, 0.5) is 10.5 Å². The smallest absolute Gasteiger partial charge is 0.335 e. The summed E-state index contributed by atoms with van der Waals surface area (Å²) in [5, 5.41) is 2.20. The molecule has 1 saturated heterocycles. The van der Waals surface area contributed by atoms with E-state index in [1.807, 2.05) is 0 Å². The number of hydrogen-bond donors (Lipinski definition) is 1. The second-order valence-corrected chi connectivity index (χ2v) is 7.47. The third-order valence-electron chi connectivity index (χ3n) is 3.80. The number of barbiturate groups is 1. The number of ether oxygens (including phenoxy) is 1. The Hall–Kier alpha value is -2.71. The number of halogens is 2. The number of amides is 4. The Kier molecular flexibility index (Phi) is 6.11. The van der Waals surface area contributed by atoms with Gasteiger partial charge in [0.2, 0.25) is 0 Å². The minimum atomic E-state index is -0.795. The molecule has 4 amide bonds. The number of carbonyl (C=O) groups excluding carboxylic acids is 3. The molecule has 6 nitrogen and oxygen atoms in total. The monoisotopic (exact) mass is 504 g/mol. The van der Waals surface area contributed by atoms with E-state index in [4.69, 9.17) is 4.74 Å². The van der Waals surface area contributed by atoms with E-state index in [1.165, 1.54) is 6.08 Å². The van der Waals surface area contributed by atoms with Gasteiger partial charge in [-0.05, 0) is 46.3 Å². The molecular weight excluding hydrogens is 492 g/mol. The van der Waals surface area contributed by atoms with Crippen molar-refractivity contribution in [3.8, 4) is 5.75 Å². The molecule has 2 aromatic carbocycles. The fraction of sp³-hybridized carbons (Fsp3) is 0.0500. The van der Waals surface area contributed by atoms with Gasteiger partial charge in [0.05, 0.1) is 10.2 Å². The largest absolute Gasteiger partial charge is 0.488 e. The molecular formula is C20H14Br2N2O4. The van der Waals surface area contributed by atoms with Crippen molar-refractivity contribution in [2.45, 2.75) is 0 Å². The Morgan fingerprint density at radius 2 is 1.82 bits per heavy atom. The Balaban J connectivity index is 2.08. The van der Waals surface area contributed by atoms with Crippen LogP contribution in [0, 0.1) is 0 Å². The number of nitrogens with one attached hydrogen (secondary N) is 1. The summed E-state index contributed by atoms with van der Waals surface area (Å²) in [6.07, 6.45) is 2.98. The quantitative estimate of drug-likeness (QED) is 0.370. The van der Waals surface area contributed by atoms with E-state index in [2.05, 4.69) is 43.8 Å². The average Bonchev–Trinajstić information content (AvgIpc) is 2.65. The molecule has 142 valence electrons. The Bertz CT molecular complexity index is 1000. The third kappa shape index (κ3) is 4.07. The standard InChI is InChI=1S/C20H14Br2N2O4/c1-2-8-28-17-12(9-13(21)11-16(17)22)10-15-18(25)23-20(27)24(19(15)26)14-6-4-3-5-7-14/h2-7,9-11H,1,8H2,(H,23,25,27)/b15-10+. The zero-order chi connectivity index (χ0) is 20.3. The van der Waals surface area contributed by atoms with Gasteiger partial charge in [0.1, 0.15) is 17.9 Å². The molecule has 1 N–H and O–H groups in total. The van der Waals surface area contributed by atoms with Crippen LogP contribution in [0.15, 0.2) is 69.6 Å². The molecule has 0 bridgehead atoms. The maximum atomic E-state index is 12.9. The number of para-hydroxylation sites is 1. The minimum Gasteiger partial charge on any atom is -0.488 e. The van der Waals surface area contributed by atoms with Crippen molar-refractivity contribution in [3.05, 3.63) is 75.2 Å². The lowest BCUT2D eigenvalue weighted by atomic mass is 10.1. The van der Waals surface area contributed by atoms with Crippen LogP contribution >= 0.6 is 31.9 Å².